The molecule has 1 aromatic heterocycles. The molecule has 0 aromatic carbocycles. The minimum absolute atomic E-state index is 0.337. The van der Waals surface area contributed by atoms with Crippen molar-refractivity contribution in [1.82, 2.24) is 0 Å². The summed E-state index contributed by atoms with van der Waals surface area (Å²) in [5.41, 5.74) is 0. The average Bonchev–Trinajstić information content (AvgIpc) is 2.50. The Labute approximate surface area is 68.8 Å². The first-order valence-electron chi connectivity index (χ1n) is 2.92. The summed E-state index contributed by atoms with van der Waals surface area (Å²) in [6.07, 6.45) is 5.11. The third-order valence-electron chi connectivity index (χ3n) is 1.13. The van der Waals surface area contributed by atoms with Gasteiger partial charge in [0, 0.05) is 0 Å². The summed E-state index contributed by atoms with van der Waals surface area (Å²) < 4.78 is 4.50. The van der Waals surface area contributed by atoms with Gasteiger partial charge in [-0.25, -0.2) is 4.79 Å². The second kappa shape index (κ2) is 3.22. The number of hydrogen-bond acceptors (Lipinski definition) is 3. The second-order valence-electron chi connectivity index (χ2n) is 1.80. The molecular formula is C8H6O2S. The zero-order valence-electron chi connectivity index (χ0n) is 5.96. The molecule has 0 saturated carbocycles. The van der Waals surface area contributed by atoms with Gasteiger partial charge >= 0.3 is 5.97 Å². The summed E-state index contributed by atoms with van der Waals surface area (Å²) in [5.74, 6) is 2.10. The molecule has 0 atom stereocenters. The Balaban J connectivity index is 2.91. The molecule has 1 heterocycles. The van der Waals surface area contributed by atoms with Crippen LogP contribution in [0.4, 0.5) is 0 Å². The van der Waals surface area contributed by atoms with Crippen LogP contribution in [-0.2, 0) is 4.74 Å². The molecule has 56 valence electrons. The highest BCUT2D eigenvalue weighted by molar-refractivity contribution is 7.14. The number of carbonyl (C=O) groups excluding carboxylic acids is 1. The molecule has 0 aliphatic carbocycles. The Morgan fingerprint density at radius 2 is 2.45 bits per heavy atom. The van der Waals surface area contributed by atoms with Crippen molar-refractivity contribution in [3.8, 4) is 12.3 Å². The fourth-order valence-corrected chi connectivity index (χ4v) is 1.36. The van der Waals surface area contributed by atoms with Gasteiger partial charge in [-0.3, -0.25) is 0 Å². The predicted octanol–water partition coefficient (Wildman–Crippen LogP) is 1.52. The smallest absolute Gasteiger partial charge is 0.348 e. The molecule has 11 heavy (non-hydrogen) atoms. The van der Waals surface area contributed by atoms with E-state index in [0.717, 1.165) is 4.88 Å². The van der Waals surface area contributed by atoms with Gasteiger partial charge in [-0.15, -0.1) is 17.8 Å². The number of esters is 1. The van der Waals surface area contributed by atoms with E-state index in [1.54, 1.807) is 12.1 Å². The maximum Gasteiger partial charge on any atom is 0.348 e. The SMILES string of the molecule is C#Cc1ccc(C(=O)OC)s1. The van der Waals surface area contributed by atoms with Crippen molar-refractivity contribution in [1.29, 1.82) is 0 Å². The molecule has 0 bridgehead atoms. The summed E-state index contributed by atoms with van der Waals surface area (Å²) in [4.78, 5) is 12.1. The molecule has 0 N–H and O–H groups in total. The lowest BCUT2D eigenvalue weighted by Crippen LogP contribution is -1.96. The van der Waals surface area contributed by atoms with Crippen LogP contribution >= 0.6 is 11.3 Å². The minimum Gasteiger partial charge on any atom is -0.465 e. The summed E-state index contributed by atoms with van der Waals surface area (Å²) >= 11 is 1.25. The van der Waals surface area contributed by atoms with E-state index in [-0.39, 0.29) is 5.97 Å². The quantitative estimate of drug-likeness (QED) is 0.467. The van der Waals surface area contributed by atoms with Gasteiger partial charge in [-0.2, -0.15) is 0 Å². The van der Waals surface area contributed by atoms with Crippen LogP contribution < -0.4 is 0 Å². The highest BCUT2D eigenvalue weighted by atomic mass is 32.1. The Kier molecular flexibility index (Phi) is 2.29. The first kappa shape index (κ1) is 7.83. The fraction of sp³-hybridized carbons (Fsp3) is 0.125. The van der Waals surface area contributed by atoms with Crippen LogP contribution in [0.15, 0.2) is 12.1 Å². The second-order valence-corrected chi connectivity index (χ2v) is 2.88. The van der Waals surface area contributed by atoms with Crippen molar-refractivity contribution in [2.45, 2.75) is 0 Å². The molecule has 1 aromatic rings. The van der Waals surface area contributed by atoms with E-state index in [2.05, 4.69) is 10.7 Å². The standard InChI is InChI=1S/C8H6O2S/c1-3-6-4-5-7(11-6)8(9)10-2/h1,4-5H,2H3. The molecule has 0 saturated heterocycles. The highest BCUT2D eigenvalue weighted by Crippen LogP contribution is 2.15. The zero-order valence-corrected chi connectivity index (χ0v) is 6.77. The van der Waals surface area contributed by atoms with Gasteiger partial charge in [0.1, 0.15) is 4.88 Å². The number of methoxy groups -OCH3 is 1. The molecular weight excluding hydrogens is 160 g/mol. The van der Waals surface area contributed by atoms with Gasteiger partial charge in [-0.05, 0) is 12.1 Å². The van der Waals surface area contributed by atoms with Gasteiger partial charge in [0.2, 0.25) is 0 Å². The lowest BCUT2D eigenvalue weighted by atomic mass is 10.4. The summed E-state index contributed by atoms with van der Waals surface area (Å²) in [7, 11) is 1.34. The van der Waals surface area contributed by atoms with E-state index in [1.807, 2.05) is 0 Å². The molecule has 0 aliphatic rings. The average molecular weight is 166 g/mol. The van der Waals surface area contributed by atoms with Crippen LogP contribution in [0.3, 0.4) is 0 Å². The molecule has 3 heteroatoms. The number of terminal acetylenes is 1. The van der Waals surface area contributed by atoms with Gasteiger partial charge in [0.15, 0.2) is 0 Å². The van der Waals surface area contributed by atoms with Crippen LogP contribution in [0.25, 0.3) is 0 Å². The van der Waals surface area contributed by atoms with Crippen LogP contribution in [0.5, 0.6) is 0 Å². The van der Waals surface area contributed by atoms with Crippen molar-refractivity contribution in [2.75, 3.05) is 7.11 Å². The van der Waals surface area contributed by atoms with Crippen LogP contribution in [-0.4, -0.2) is 13.1 Å². The van der Waals surface area contributed by atoms with Crippen LogP contribution in [0, 0.1) is 12.3 Å². The zero-order chi connectivity index (χ0) is 8.27. The summed E-state index contributed by atoms with van der Waals surface area (Å²) in [6, 6.07) is 3.38. The van der Waals surface area contributed by atoms with Gasteiger partial charge in [0.25, 0.3) is 0 Å². The van der Waals surface area contributed by atoms with Crippen molar-refractivity contribution in [2.24, 2.45) is 0 Å². The third kappa shape index (κ3) is 1.60. The fourth-order valence-electron chi connectivity index (χ4n) is 0.626. The number of hydrogen-bond donors (Lipinski definition) is 0. The van der Waals surface area contributed by atoms with Gasteiger partial charge in [0.05, 0.1) is 12.0 Å². The number of carbonyl (C=O) groups is 1. The van der Waals surface area contributed by atoms with Crippen molar-refractivity contribution in [3.05, 3.63) is 21.9 Å². The van der Waals surface area contributed by atoms with E-state index in [9.17, 15) is 4.79 Å². The van der Waals surface area contributed by atoms with E-state index in [1.165, 1.54) is 18.4 Å². The molecule has 0 fully saturated rings. The normalized spacial score (nSPS) is 8.73. The molecule has 0 spiro atoms. The Hall–Kier alpha value is -1.27. The number of thiophene rings is 1. The van der Waals surface area contributed by atoms with E-state index in [4.69, 9.17) is 6.42 Å². The van der Waals surface area contributed by atoms with Crippen LogP contribution in [0.1, 0.15) is 14.5 Å². The predicted molar refractivity (Wildman–Crippen MR) is 43.6 cm³/mol. The van der Waals surface area contributed by atoms with E-state index in [0.29, 0.717) is 4.88 Å². The highest BCUT2D eigenvalue weighted by Gasteiger charge is 2.06. The topological polar surface area (TPSA) is 26.3 Å². The van der Waals surface area contributed by atoms with Gasteiger partial charge in [-0.1, -0.05) is 5.92 Å². The molecule has 0 radical (unpaired) electrons. The van der Waals surface area contributed by atoms with Crippen molar-refractivity contribution >= 4 is 17.3 Å². The molecule has 0 unspecified atom stereocenters. The Morgan fingerprint density at radius 1 is 1.73 bits per heavy atom. The van der Waals surface area contributed by atoms with Crippen LogP contribution in [0.2, 0.25) is 0 Å². The first-order valence-corrected chi connectivity index (χ1v) is 3.74. The Bertz CT molecular complexity index is 306. The monoisotopic (exact) mass is 166 g/mol. The lowest BCUT2D eigenvalue weighted by Gasteiger charge is -1.90. The minimum atomic E-state index is -0.337. The summed E-state index contributed by atoms with van der Waals surface area (Å²) in [5, 5.41) is 0. The first-order chi connectivity index (χ1) is 5.27. The molecule has 0 aliphatic heterocycles. The maximum absolute atomic E-state index is 10.9. The van der Waals surface area contributed by atoms with Crippen molar-refractivity contribution in [3.63, 3.8) is 0 Å². The number of rotatable bonds is 1. The summed E-state index contributed by atoms with van der Waals surface area (Å²) in [6.45, 7) is 0. The maximum atomic E-state index is 10.9. The van der Waals surface area contributed by atoms with Crippen molar-refractivity contribution < 1.29 is 9.53 Å². The third-order valence-corrected chi connectivity index (χ3v) is 2.13. The largest absolute Gasteiger partial charge is 0.465 e. The molecule has 2 nitrogen and oxygen atoms in total. The van der Waals surface area contributed by atoms with E-state index < -0.39 is 0 Å². The number of ether oxygens (including phenoxy) is 1. The Morgan fingerprint density at radius 3 is 2.91 bits per heavy atom. The molecule has 0 amide bonds. The molecule has 1 rings (SSSR count). The lowest BCUT2D eigenvalue weighted by molar-refractivity contribution is 0.0606. The van der Waals surface area contributed by atoms with E-state index >= 15 is 0 Å². The van der Waals surface area contributed by atoms with Gasteiger partial charge < -0.3 is 4.74 Å².